The van der Waals surface area contributed by atoms with Gasteiger partial charge in [-0.25, -0.2) is 0 Å². The summed E-state index contributed by atoms with van der Waals surface area (Å²) in [6.07, 6.45) is 6.33. The van der Waals surface area contributed by atoms with Crippen LogP contribution in [0.25, 0.3) is 0 Å². The fourth-order valence-corrected chi connectivity index (χ4v) is 2.28. The lowest BCUT2D eigenvalue weighted by Gasteiger charge is -2.07. The molecule has 0 saturated carbocycles. The summed E-state index contributed by atoms with van der Waals surface area (Å²) in [6, 6.07) is 4.61. The van der Waals surface area contributed by atoms with Crippen LogP contribution < -0.4 is 0 Å². The highest BCUT2D eigenvalue weighted by atomic mass is 16.1. The van der Waals surface area contributed by atoms with Gasteiger partial charge in [0.25, 0.3) is 0 Å². The summed E-state index contributed by atoms with van der Waals surface area (Å²) in [5.74, 6) is 0. The molecule has 0 aromatic heterocycles. The number of aryl methyl sites for hydroxylation is 4. The van der Waals surface area contributed by atoms with Gasteiger partial charge in [-0.3, -0.25) is 0 Å². The van der Waals surface area contributed by atoms with Crippen LogP contribution in [0.3, 0.4) is 0 Å². The van der Waals surface area contributed by atoms with Crippen LogP contribution in [0.5, 0.6) is 0 Å². The third-order valence-electron chi connectivity index (χ3n) is 3.08. The summed E-state index contributed by atoms with van der Waals surface area (Å²) >= 11 is 0. The molecule has 0 saturated heterocycles. The van der Waals surface area contributed by atoms with Crippen LogP contribution in [0.4, 0.5) is 0 Å². The Kier molecular flexibility index (Phi) is 2.67. The van der Waals surface area contributed by atoms with Crippen molar-refractivity contribution in [2.24, 2.45) is 0 Å². The molecule has 0 radical (unpaired) electrons. The molecule has 0 heterocycles. The van der Waals surface area contributed by atoms with E-state index in [1.165, 1.54) is 41.5 Å². The molecule has 1 aromatic carbocycles. The van der Waals surface area contributed by atoms with E-state index in [4.69, 9.17) is 0 Å². The molecule has 0 N–H and O–H groups in total. The van der Waals surface area contributed by atoms with E-state index in [2.05, 4.69) is 19.1 Å². The highest BCUT2D eigenvalue weighted by Gasteiger charge is 2.12. The third-order valence-corrected chi connectivity index (χ3v) is 3.08. The number of carbonyl (C=O) groups is 1. The summed E-state index contributed by atoms with van der Waals surface area (Å²) < 4.78 is 0. The molecule has 14 heavy (non-hydrogen) atoms. The third kappa shape index (κ3) is 1.72. The summed E-state index contributed by atoms with van der Waals surface area (Å²) in [6.45, 7) is 2.15. The molecule has 1 aromatic rings. The van der Waals surface area contributed by atoms with Crippen molar-refractivity contribution in [3.63, 3.8) is 0 Å². The Bertz CT molecular complexity index is 352. The Balaban J connectivity index is 2.27. The quantitative estimate of drug-likeness (QED) is 0.666. The van der Waals surface area contributed by atoms with Crippen LogP contribution in [0.1, 0.15) is 35.1 Å². The Labute approximate surface area is 85.1 Å². The smallest absolute Gasteiger partial charge is 0.120 e. The van der Waals surface area contributed by atoms with Crippen molar-refractivity contribution in [1.29, 1.82) is 0 Å². The lowest BCUT2D eigenvalue weighted by Crippen LogP contribution is -1.94. The summed E-state index contributed by atoms with van der Waals surface area (Å²) in [5, 5.41) is 0. The molecule has 1 aliphatic carbocycles. The molecule has 1 nitrogen and oxygen atoms in total. The van der Waals surface area contributed by atoms with Crippen LogP contribution in [0.2, 0.25) is 0 Å². The van der Waals surface area contributed by atoms with E-state index in [0.29, 0.717) is 6.42 Å². The predicted octanol–water partition coefficient (Wildman–Crippen LogP) is 2.62. The molecule has 74 valence electrons. The molecule has 1 aliphatic rings. The first-order valence-corrected chi connectivity index (χ1v) is 5.36. The van der Waals surface area contributed by atoms with Gasteiger partial charge in [0.1, 0.15) is 6.29 Å². The average molecular weight is 188 g/mol. The summed E-state index contributed by atoms with van der Waals surface area (Å²) in [7, 11) is 0. The van der Waals surface area contributed by atoms with Crippen molar-refractivity contribution in [3.05, 3.63) is 34.4 Å². The summed E-state index contributed by atoms with van der Waals surface area (Å²) in [5.41, 5.74) is 5.75. The van der Waals surface area contributed by atoms with E-state index in [9.17, 15) is 4.79 Å². The minimum Gasteiger partial charge on any atom is -0.303 e. The Morgan fingerprint density at radius 1 is 1.29 bits per heavy atom. The van der Waals surface area contributed by atoms with Crippen molar-refractivity contribution >= 4 is 6.29 Å². The van der Waals surface area contributed by atoms with E-state index in [1.807, 2.05) is 0 Å². The fourth-order valence-electron chi connectivity index (χ4n) is 2.28. The number of carbonyl (C=O) groups excluding carboxylic acids is 1. The number of rotatable bonds is 3. The number of benzene rings is 1. The second kappa shape index (κ2) is 3.95. The van der Waals surface area contributed by atoms with Gasteiger partial charge in [0.2, 0.25) is 0 Å². The SMILES string of the molecule is Cc1cc2c(cc1CCC=O)CCC2. The fraction of sp³-hybridized carbons (Fsp3) is 0.462. The van der Waals surface area contributed by atoms with Crippen LogP contribution in [0, 0.1) is 6.92 Å². The Morgan fingerprint density at radius 2 is 2.00 bits per heavy atom. The monoisotopic (exact) mass is 188 g/mol. The van der Waals surface area contributed by atoms with Crippen LogP contribution in [-0.2, 0) is 24.1 Å². The highest BCUT2D eigenvalue weighted by molar-refractivity contribution is 5.51. The predicted molar refractivity (Wildman–Crippen MR) is 57.6 cm³/mol. The van der Waals surface area contributed by atoms with Crippen molar-refractivity contribution in [2.75, 3.05) is 0 Å². The van der Waals surface area contributed by atoms with Gasteiger partial charge in [-0.1, -0.05) is 12.1 Å². The summed E-state index contributed by atoms with van der Waals surface area (Å²) in [4.78, 5) is 10.3. The van der Waals surface area contributed by atoms with E-state index in [-0.39, 0.29) is 0 Å². The molecule has 0 atom stereocenters. The molecule has 0 unspecified atom stereocenters. The zero-order chi connectivity index (χ0) is 9.97. The van der Waals surface area contributed by atoms with Crippen LogP contribution >= 0.6 is 0 Å². The van der Waals surface area contributed by atoms with Crippen molar-refractivity contribution < 1.29 is 4.79 Å². The Hall–Kier alpha value is -1.11. The first kappa shape index (κ1) is 9.45. The average Bonchev–Trinajstić information content (AvgIpc) is 2.61. The maximum Gasteiger partial charge on any atom is 0.120 e. The topological polar surface area (TPSA) is 17.1 Å². The van der Waals surface area contributed by atoms with Crippen molar-refractivity contribution in [3.8, 4) is 0 Å². The lowest BCUT2D eigenvalue weighted by molar-refractivity contribution is -0.107. The maximum atomic E-state index is 10.3. The van der Waals surface area contributed by atoms with E-state index < -0.39 is 0 Å². The highest BCUT2D eigenvalue weighted by Crippen LogP contribution is 2.25. The van der Waals surface area contributed by atoms with Gasteiger partial charge in [-0.05, 0) is 54.9 Å². The molecule has 0 spiro atoms. The van der Waals surface area contributed by atoms with Gasteiger partial charge >= 0.3 is 0 Å². The number of hydrogen-bond donors (Lipinski definition) is 0. The van der Waals surface area contributed by atoms with Gasteiger partial charge in [-0.2, -0.15) is 0 Å². The van der Waals surface area contributed by atoms with E-state index >= 15 is 0 Å². The molecule has 0 aliphatic heterocycles. The normalized spacial score (nSPS) is 14.1. The van der Waals surface area contributed by atoms with E-state index in [0.717, 1.165) is 12.7 Å². The van der Waals surface area contributed by atoms with Gasteiger partial charge < -0.3 is 4.79 Å². The first-order valence-electron chi connectivity index (χ1n) is 5.36. The number of hydrogen-bond acceptors (Lipinski definition) is 1. The Morgan fingerprint density at radius 3 is 2.71 bits per heavy atom. The van der Waals surface area contributed by atoms with Gasteiger partial charge in [0.05, 0.1) is 0 Å². The molecule has 1 heteroatoms. The standard InChI is InChI=1S/C13H16O/c1-10-8-12-4-2-5-13(12)9-11(10)6-3-7-14/h7-9H,2-6H2,1H3. The van der Waals surface area contributed by atoms with Gasteiger partial charge in [0.15, 0.2) is 0 Å². The van der Waals surface area contributed by atoms with E-state index in [1.54, 1.807) is 0 Å². The zero-order valence-electron chi connectivity index (χ0n) is 8.68. The maximum absolute atomic E-state index is 10.3. The number of fused-ring (bicyclic) bond motifs is 1. The molecular formula is C13H16O. The lowest BCUT2D eigenvalue weighted by atomic mass is 9.98. The molecule has 0 amide bonds. The van der Waals surface area contributed by atoms with Gasteiger partial charge in [-0.15, -0.1) is 0 Å². The molecule has 0 fully saturated rings. The second-order valence-corrected chi connectivity index (χ2v) is 4.11. The minimum atomic E-state index is 0.652. The zero-order valence-corrected chi connectivity index (χ0v) is 8.68. The number of aldehydes is 1. The largest absolute Gasteiger partial charge is 0.303 e. The minimum absolute atomic E-state index is 0.652. The van der Waals surface area contributed by atoms with Crippen molar-refractivity contribution in [2.45, 2.75) is 39.0 Å². The second-order valence-electron chi connectivity index (χ2n) is 4.11. The first-order chi connectivity index (χ1) is 6.81. The van der Waals surface area contributed by atoms with Crippen LogP contribution in [0.15, 0.2) is 12.1 Å². The molecule has 2 rings (SSSR count). The van der Waals surface area contributed by atoms with Gasteiger partial charge in [0, 0.05) is 6.42 Å². The van der Waals surface area contributed by atoms with Crippen molar-refractivity contribution in [1.82, 2.24) is 0 Å². The molecular weight excluding hydrogens is 172 g/mol. The molecule has 0 bridgehead atoms. The van der Waals surface area contributed by atoms with Crippen LogP contribution in [-0.4, -0.2) is 6.29 Å².